The van der Waals surface area contributed by atoms with Gasteiger partial charge in [0.1, 0.15) is 23.1 Å². The molecule has 0 spiro atoms. The standard InChI is InChI=1S/C18H17FN6O/c1-11(13-3-5-14(19)6-4-13)22-18-23-15(12(2)26)9-16(25-18)24-17-10-20-7-8-21-17/h3-11H,1-2H3,(H2,21,22,23,24,25). The van der Waals surface area contributed by atoms with Crippen molar-refractivity contribution in [3.05, 3.63) is 66.0 Å². The Labute approximate surface area is 149 Å². The van der Waals surface area contributed by atoms with Gasteiger partial charge in [-0.05, 0) is 24.6 Å². The predicted octanol–water partition coefficient (Wildman–Crippen LogP) is 3.53. The van der Waals surface area contributed by atoms with Gasteiger partial charge in [0.2, 0.25) is 5.95 Å². The average Bonchev–Trinajstić information content (AvgIpc) is 2.63. The van der Waals surface area contributed by atoms with Gasteiger partial charge in [0.25, 0.3) is 0 Å². The van der Waals surface area contributed by atoms with E-state index in [9.17, 15) is 9.18 Å². The fourth-order valence-electron chi connectivity index (χ4n) is 2.28. The van der Waals surface area contributed by atoms with Crippen LogP contribution >= 0.6 is 0 Å². The minimum Gasteiger partial charge on any atom is -0.348 e. The number of aromatic nitrogens is 4. The van der Waals surface area contributed by atoms with Crippen LogP contribution in [0.15, 0.2) is 48.9 Å². The summed E-state index contributed by atoms with van der Waals surface area (Å²) < 4.78 is 13.1. The molecule has 3 rings (SSSR count). The molecule has 2 heterocycles. The minimum atomic E-state index is -0.300. The second-order valence-electron chi connectivity index (χ2n) is 5.65. The van der Waals surface area contributed by atoms with Crippen LogP contribution in [0.4, 0.5) is 22.0 Å². The summed E-state index contributed by atoms with van der Waals surface area (Å²) in [7, 11) is 0. The van der Waals surface area contributed by atoms with Crippen LogP contribution in [0.1, 0.15) is 35.9 Å². The summed E-state index contributed by atoms with van der Waals surface area (Å²) in [5.74, 6) is 0.706. The van der Waals surface area contributed by atoms with Crippen molar-refractivity contribution >= 4 is 23.4 Å². The van der Waals surface area contributed by atoms with E-state index in [2.05, 4.69) is 30.6 Å². The van der Waals surface area contributed by atoms with Crippen molar-refractivity contribution < 1.29 is 9.18 Å². The number of anilines is 3. The normalized spacial score (nSPS) is 11.7. The van der Waals surface area contributed by atoms with Crippen LogP contribution in [0, 0.1) is 5.82 Å². The molecular weight excluding hydrogens is 335 g/mol. The maximum atomic E-state index is 13.1. The summed E-state index contributed by atoms with van der Waals surface area (Å²) in [4.78, 5) is 28.5. The first-order valence-electron chi connectivity index (χ1n) is 7.96. The molecule has 0 amide bonds. The number of nitrogens with one attached hydrogen (secondary N) is 2. The largest absolute Gasteiger partial charge is 0.348 e. The maximum Gasteiger partial charge on any atom is 0.225 e. The zero-order valence-corrected chi connectivity index (χ0v) is 14.3. The number of carbonyl (C=O) groups is 1. The van der Waals surface area contributed by atoms with Gasteiger partial charge in [-0.2, -0.15) is 4.98 Å². The van der Waals surface area contributed by atoms with E-state index in [-0.39, 0.29) is 29.3 Å². The van der Waals surface area contributed by atoms with Gasteiger partial charge in [-0.1, -0.05) is 12.1 Å². The van der Waals surface area contributed by atoms with Crippen LogP contribution in [-0.4, -0.2) is 25.7 Å². The number of nitrogens with zero attached hydrogens (tertiary/aromatic N) is 4. The summed E-state index contributed by atoms with van der Waals surface area (Å²) in [6.45, 7) is 3.33. The first-order chi connectivity index (χ1) is 12.5. The number of halogens is 1. The number of hydrogen-bond acceptors (Lipinski definition) is 7. The van der Waals surface area contributed by atoms with Crippen LogP contribution in [0.5, 0.6) is 0 Å². The number of ketones is 1. The number of rotatable bonds is 6. The van der Waals surface area contributed by atoms with Crippen molar-refractivity contribution in [2.24, 2.45) is 0 Å². The van der Waals surface area contributed by atoms with E-state index in [4.69, 9.17) is 0 Å². The molecule has 0 radical (unpaired) electrons. The van der Waals surface area contributed by atoms with E-state index >= 15 is 0 Å². The highest BCUT2D eigenvalue weighted by Crippen LogP contribution is 2.20. The molecule has 3 aromatic rings. The lowest BCUT2D eigenvalue weighted by Gasteiger charge is -2.15. The highest BCUT2D eigenvalue weighted by Gasteiger charge is 2.12. The van der Waals surface area contributed by atoms with Gasteiger partial charge in [0, 0.05) is 25.4 Å². The molecule has 2 aromatic heterocycles. The third-order valence-corrected chi connectivity index (χ3v) is 3.62. The SMILES string of the molecule is CC(=O)c1cc(Nc2cnccn2)nc(NC(C)c2ccc(F)cc2)n1. The third kappa shape index (κ3) is 4.35. The molecule has 132 valence electrons. The van der Waals surface area contributed by atoms with Crippen LogP contribution in [0.2, 0.25) is 0 Å². The van der Waals surface area contributed by atoms with Gasteiger partial charge >= 0.3 is 0 Å². The number of carbonyl (C=O) groups excluding carboxylic acids is 1. The van der Waals surface area contributed by atoms with Crippen molar-refractivity contribution in [2.75, 3.05) is 10.6 Å². The molecule has 7 nitrogen and oxygen atoms in total. The quantitative estimate of drug-likeness (QED) is 0.656. The lowest BCUT2D eigenvalue weighted by atomic mass is 10.1. The molecule has 0 aliphatic carbocycles. The molecule has 0 bridgehead atoms. The second kappa shape index (κ2) is 7.64. The van der Waals surface area contributed by atoms with Crippen molar-refractivity contribution in [1.82, 2.24) is 19.9 Å². The summed E-state index contributed by atoms with van der Waals surface area (Å²) in [6, 6.07) is 7.51. The van der Waals surface area contributed by atoms with Crippen molar-refractivity contribution in [1.29, 1.82) is 0 Å². The first kappa shape index (κ1) is 17.4. The number of hydrogen-bond donors (Lipinski definition) is 2. The summed E-state index contributed by atoms with van der Waals surface area (Å²) in [5, 5.41) is 6.12. The number of benzene rings is 1. The van der Waals surface area contributed by atoms with Gasteiger partial charge in [-0.25, -0.2) is 14.4 Å². The van der Waals surface area contributed by atoms with E-state index in [1.54, 1.807) is 36.8 Å². The van der Waals surface area contributed by atoms with Gasteiger partial charge in [-0.15, -0.1) is 0 Å². The van der Waals surface area contributed by atoms with Crippen LogP contribution in [0.3, 0.4) is 0 Å². The Morgan fingerprint density at radius 3 is 2.54 bits per heavy atom. The molecule has 8 heteroatoms. The summed E-state index contributed by atoms with van der Waals surface area (Å²) in [5.41, 5.74) is 1.13. The Morgan fingerprint density at radius 2 is 1.88 bits per heavy atom. The summed E-state index contributed by atoms with van der Waals surface area (Å²) >= 11 is 0. The fraction of sp³-hybridized carbons (Fsp3) is 0.167. The van der Waals surface area contributed by atoms with Crippen LogP contribution in [0.25, 0.3) is 0 Å². The molecule has 0 fully saturated rings. The lowest BCUT2D eigenvalue weighted by molar-refractivity contribution is 0.101. The number of Topliss-reactive ketones (excluding diaryl/α,β-unsaturated/α-hetero) is 1. The molecule has 1 unspecified atom stereocenters. The molecular formula is C18H17FN6O. The van der Waals surface area contributed by atoms with Crippen LogP contribution in [-0.2, 0) is 0 Å². The van der Waals surface area contributed by atoms with E-state index < -0.39 is 0 Å². The Kier molecular flexibility index (Phi) is 5.12. The highest BCUT2D eigenvalue weighted by atomic mass is 19.1. The van der Waals surface area contributed by atoms with Crippen molar-refractivity contribution in [3.8, 4) is 0 Å². The van der Waals surface area contributed by atoms with E-state index in [1.165, 1.54) is 19.1 Å². The second-order valence-corrected chi connectivity index (χ2v) is 5.65. The molecule has 0 aliphatic rings. The van der Waals surface area contributed by atoms with Gasteiger partial charge in [0.05, 0.1) is 12.2 Å². The van der Waals surface area contributed by atoms with E-state index in [0.29, 0.717) is 11.6 Å². The smallest absolute Gasteiger partial charge is 0.225 e. The molecule has 1 atom stereocenters. The molecule has 0 saturated heterocycles. The minimum absolute atomic E-state index is 0.179. The Bertz CT molecular complexity index is 901. The third-order valence-electron chi connectivity index (χ3n) is 3.62. The zero-order chi connectivity index (χ0) is 18.5. The molecule has 1 aromatic carbocycles. The Morgan fingerprint density at radius 1 is 1.12 bits per heavy atom. The van der Waals surface area contributed by atoms with Gasteiger partial charge in [0.15, 0.2) is 5.78 Å². The molecule has 2 N–H and O–H groups in total. The van der Waals surface area contributed by atoms with Crippen molar-refractivity contribution in [3.63, 3.8) is 0 Å². The van der Waals surface area contributed by atoms with Gasteiger partial charge < -0.3 is 10.6 Å². The topological polar surface area (TPSA) is 92.7 Å². The molecule has 26 heavy (non-hydrogen) atoms. The Balaban J connectivity index is 1.85. The van der Waals surface area contributed by atoms with E-state index in [1.807, 2.05) is 6.92 Å². The average molecular weight is 352 g/mol. The first-order valence-corrected chi connectivity index (χ1v) is 7.96. The molecule has 0 saturated carbocycles. The van der Waals surface area contributed by atoms with Crippen molar-refractivity contribution in [2.45, 2.75) is 19.9 Å². The van der Waals surface area contributed by atoms with E-state index in [0.717, 1.165) is 5.56 Å². The maximum absolute atomic E-state index is 13.1. The predicted molar refractivity (Wildman–Crippen MR) is 95.8 cm³/mol. The monoisotopic (exact) mass is 352 g/mol. The summed E-state index contributed by atoms with van der Waals surface area (Å²) in [6.07, 6.45) is 4.65. The Hall–Kier alpha value is -3.42. The molecule has 0 aliphatic heterocycles. The van der Waals surface area contributed by atoms with Crippen LogP contribution < -0.4 is 10.6 Å². The fourth-order valence-corrected chi connectivity index (χ4v) is 2.28. The highest BCUT2D eigenvalue weighted by molar-refractivity contribution is 5.93. The van der Waals surface area contributed by atoms with Gasteiger partial charge in [-0.3, -0.25) is 9.78 Å². The lowest BCUT2D eigenvalue weighted by Crippen LogP contribution is -2.12. The zero-order valence-electron chi connectivity index (χ0n) is 14.3.